The Morgan fingerprint density at radius 2 is 1.76 bits per heavy atom. The summed E-state index contributed by atoms with van der Waals surface area (Å²) in [5, 5.41) is 13.6. The van der Waals surface area contributed by atoms with Crippen LogP contribution < -0.4 is 0 Å². The van der Waals surface area contributed by atoms with Crippen LogP contribution in [0, 0.1) is 17.6 Å². The van der Waals surface area contributed by atoms with E-state index in [9.17, 15) is 31.9 Å². The quantitative estimate of drug-likeness (QED) is 0.491. The molecule has 0 radical (unpaired) electrons. The van der Waals surface area contributed by atoms with Gasteiger partial charge >= 0.3 is 6.18 Å². The van der Waals surface area contributed by atoms with Crippen molar-refractivity contribution in [3.8, 4) is 0 Å². The molecular formula is C23H18ClF5N2O3. The van der Waals surface area contributed by atoms with Crippen LogP contribution in [-0.2, 0) is 20.8 Å². The second kappa shape index (κ2) is 7.64. The van der Waals surface area contributed by atoms with Crippen LogP contribution >= 0.6 is 11.6 Å². The fraction of sp³-hybridized carbons (Fsp3) is 0.391. The molecule has 1 saturated heterocycles. The molecule has 11 heteroatoms. The largest absolute Gasteiger partial charge is 0.435 e. The van der Waals surface area contributed by atoms with Gasteiger partial charge in [-0.2, -0.15) is 13.2 Å². The lowest BCUT2D eigenvalue weighted by molar-refractivity contribution is -0.276. The minimum absolute atomic E-state index is 0.0274. The Kier molecular flexibility index (Phi) is 5.18. The zero-order valence-corrected chi connectivity index (χ0v) is 18.3. The normalized spacial score (nSPS) is 23.9. The smallest absolute Gasteiger partial charge is 0.381 e. The second-order valence-electron chi connectivity index (χ2n) is 8.96. The van der Waals surface area contributed by atoms with E-state index in [4.69, 9.17) is 16.4 Å². The van der Waals surface area contributed by atoms with Gasteiger partial charge in [0.1, 0.15) is 5.60 Å². The van der Waals surface area contributed by atoms with Crippen molar-refractivity contribution >= 4 is 23.2 Å². The van der Waals surface area contributed by atoms with Crippen LogP contribution in [0.4, 0.5) is 22.0 Å². The van der Waals surface area contributed by atoms with Crippen LogP contribution in [0.5, 0.6) is 0 Å². The Morgan fingerprint density at radius 3 is 2.32 bits per heavy atom. The minimum atomic E-state index is -5.01. The van der Waals surface area contributed by atoms with E-state index in [1.165, 1.54) is 12.1 Å². The highest BCUT2D eigenvalue weighted by atomic mass is 35.5. The van der Waals surface area contributed by atoms with E-state index >= 15 is 0 Å². The Hall–Kier alpha value is -2.72. The monoisotopic (exact) mass is 500 g/mol. The highest BCUT2D eigenvalue weighted by Crippen LogP contribution is 2.49. The Labute approximate surface area is 195 Å². The zero-order valence-electron chi connectivity index (χ0n) is 17.5. The number of benzene rings is 2. The van der Waals surface area contributed by atoms with Crippen molar-refractivity contribution in [2.75, 3.05) is 13.1 Å². The standard InChI is InChI=1S/C23H18ClF5N2O3/c24-16-7-15(8-17(25)19(16)26)22(23(27,28)29)9-18(30-34-22)12-3-5-14(6-4-12)21(33)10-31(11-21)20(32)13-1-2-13/h3-8,13,33H,1-2,9-11H2. The van der Waals surface area contributed by atoms with Gasteiger partial charge in [-0.15, -0.1) is 0 Å². The number of rotatable bonds is 4. The van der Waals surface area contributed by atoms with Crippen molar-refractivity contribution in [1.82, 2.24) is 4.90 Å². The Balaban J connectivity index is 1.36. The number of alkyl halides is 3. The molecule has 1 saturated carbocycles. The maximum Gasteiger partial charge on any atom is 0.435 e. The number of likely N-dealkylation sites (tertiary alicyclic amines) is 1. The first kappa shape index (κ1) is 23.0. The van der Waals surface area contributed by atoms with Gasteiger partial charge in [0, 0.05) is 17.9 Å². The number of carbonyl (C=O) groups is 1. The summed E-state index contributed by atoms with van der Waals surface area (Å²) in [5.41, 5.74) is -4.20. The molecule has 0 aromatic heterocycles. The van der Waals surface area contributed by atoms with Crippen molar-refractivity contribution in [2.45, 2.75) is 36.6 Å². The molecule has 0 spiro atoms. The molecule has 1 atom stereocenters. The number of hydrogen-bond donors (Lipinski definition) is 1. The molecule has 1 N–H and O–H groups in total. The molecule has 180 valence electrons. The average Bonchev–Trinajstić information content (AvgIpc) is 3.51. The van der Waals surface area contributed by atoms with Crippen molar-refractivity contribution in [3.63, 3.8) is 0 Å². The average molecular weight is 501 g/mol. The van der Waals surface area contributed by atoms with E-state index in [1.807, 2.05) is 0 Å². The van der Waals surface area contributed by atoms with Gasteiger partial charge in [-0.3, -0.25) is 4.79 Å². The molecule has 2 aromatic carbocycles. The van der Waals surface area contributed by atoms with E-state index in [-0.39, 0.29) is 30.6 Å². The lowest BCUT2D eigenvalue weighted by Crippen LogP contribution is -2.61. The number of β-amino-alcohol motifs (C(OH)–C–C–N with tert-alkyl or cyclic N) is 1. The van der Waals surface area contributed by atoms with Gasteiger partial charge in [0.05, 0.1) is 23.8 Å². The topological polar surface area (TPSA) is 62.1 Å². The van der Waals surface area contributed by atoms with Crippen molar-refractivity contribution in [1.29, 1.82) is 0 Å². The molecule has 1 aliphatic carbocycles. The third-order valence-electron chi connectivity index (χ3n) is 6.53. The van der Waals surface area contributed by atoms with Crippen LogP contribution in [0.15, 0.2) is 41.6 Å². The van der Waals surface area contributed by atoms with Crippen molar-refractivity contribution in [3.05, 3.63) is 69.7 Å². The molecule has 2 fully saturated rings. The molecule has 2 aromatic rings. The van der Waals surface area contributed by atoms with E-state index in [0.717, 1.165) is 12.8 Å². The number of aliphatic hydroxyl groups is 1. The van der Waals surface area contributed by atoms with Crippen LogP contribution in [0.25, 0.3) is 0 Å². The number of carbonyl (C=O) groups excluding carboxylic acids is 1. The van der Waals surface area contributed by atoms with Crippen LogP contribution in [-0.4, -0.2) is 40.9 Å². The zero-order chi connectivity index (χ0) is 24.5. The first-order valence-corrected chi connectivity index (χ1v) is 10.9. The number of hydrogen-bond acceptors (Lipinski definition) is 4. The molecule has 5 rings (SSSR count). The predicted molar refractivity (Wildman–Crippen MR) is 111 cm³/mol. The van der Waals surface area contributed by atoms with E-state index < -0.39 is 46.0 Å². The Bertz CT molecular complexity index is 1170. The Morgan fingerprint density at radius 1 is 1.12 bits per heavy atom. The fourth-order valence-electron chi connectivity index (χ4n) is 4.33. The summed E-state index contributed by atoms with van der Waals surface area (Å²) in [6.07, 6.45) is -4.07. The predicted octanol–water partition coefficient (Wildman–Crippen LogP) is 4.64. The minimum Gasteiger partial charge on any atom is -0.381 e. The number of amides is 1. The van der Waals surface area contributed by atoms with E-state index in [2.05, 4.69) is 5.16 Å². The molecule has 34 heavy (non-hydrogen) atoms. The first-order chi connectivity index (χ1) is 15.9. The summed E-state index contributed by atoms with van der Waals surface area (Å²) in [7, 11) is 0. The molecule has 3 aliphatic rings. The third kappa shape index (κ3) is 3.63. The molecule has 5 nitrogen and oxygen atoms in total. The summed E-state index contributed by atoms with van der Waals surface area (Å²) in [6.45, 7) is 0.305. The van der Waals surface area contributed by atoms with Gasteiger partial charge in [-0.1, -0.05) is 41.0 Å². The lowest BCUT2D eigenvalue weighted by atomic mass is 9.83. The van der Waals surface area contributed by atoms with Gasteiger partial charge < -0.3 is 14.8 Å². The van der Waals surface area contributed by atoms with Gasteiger partial charge in [0.2, 0.25) is 5.91 Å². The molecule has 2 heterocycles. The number of halogens is 6. The maximum atomic E-state index is 14.1. The van der Waals surface area contributed by atoms with Gasteiger partial charge in [0.25, 0.3) is 5.60 Å². The summed E-state index contributed by atoms with van der Waals surface area (Å²) in [4.78, 5) is 18.5. The molecule has 0 bridgehead atoms. The molecule has 1 amide bonds. The summed E-state index contributed by atoms with van der Waals surface area (Å²) >= 11 is 5.57. The fourth-order valence-corrected chi connectivity index (χ4v) is 4.54. The lowest BCUT2D eigenvalue weighted by Gasteiger charge is -2.47. The van der Waals surface area contributed by atoms with Crippen molar-refractivity contribution in [2.24, 2.45) is 11.1 Å². The summed E-state index contributed by atoms with van der Waals surface area (Å²) in [5.74, 6) is -2.91. The highest BCUT2D eigenvalue weighted by molar-refractivity contribution is 6.30. The SMILES string of the molecule is O=C(C1CC1)N1CC(O)(c2ccc(C3=NOC(c4cc(F)c(F)c(Cl)c4)(C(F)(F)F)C3)cc2)C1. The number of oxime groups is 1. The molecule has 1 unspecified atom stereocenters. The molecule has 2 aliphatic heterocycles. The van der Waals surface area contributed by atoms with Gasteiger partial charge in [0.15, 0.2) is 11.6 Å². The number of nitrogens with zero attached hydrogens (tertiary/aromatic N) is 2. The second-order valence-corrected chi connectivity index (χ2v) is 9.37. The van der Waals surface area contributed by atoms with Gasteiger partial charge in [-0.05, 0) is 36.1 Å². The van der Waals surface area contributed by atoms with Crippen LogP contribution in [0.2, 0.25) is 5.02 Å². The summed E-state index contributed by atoms with van der Waals surface area (Å²) in [6, 6.07) is 7.17. The van der Waals surface area contributed by atoms with Crippen LogP contribution in [0.3, 0.4) is 0 Å². The molecular weight excluding hydrogens is 483 g/mol. The van der Waals surface area contributed by atoms with Crippen molar-refractivity contribution < 1.29 is 36.7 Å². The van der Waals surface area contributed by atoms with Crippen LogP contribution in [0.1, 0.15) is 36.0 Å². The maximum absolute atomic E-state index is 14.1. The summed E-state index contributed by atoms with van der Waals surface area (Å²) < 4.78 is 69.6. The van der Waals surface area contributed by atoms with Gasteiger partial charge in [-0.25, -0.2) is 8.78 Å². The first-order valence-electron chi connectivity index (χ1n) is 10.5. The van der Waals surface area contributed by atoms with E-state index in [0.29, 0.717) is 23.3 Å². The van der Waals surface area contributed by atoms with E-state index in [1.54, 1.807) is 17.0 Å². The highest BCUT2D eigenvalue weighted by Gasteiger charge is 2.62. The third-order valence-corrected chi connectivity index (χ3v) is 6.81.